The summed E-state index contributed by atoms with van der Waals surface area (Å²) in [4.78, 5) is 7.20. The number of hydrogen-bond donors (Lipinski definition) is 3. The molecule has 55 heavy (non-hydrogen) atoms. The second-order valence-electron chi connectivity index (χ2n) is 14.7. The molecule has 1 aliphatic carbocycles. The summed E-state index contributed by atoms with van der Waals surface area (Å²) in [5.74, 6) is 0. The molecule has 0 unspecified atom stereocenters. The van der Waals surface area contributed by atoms with Crippen LogP contribution in [0.25, 0.3) is 72.5 Å². The summed E-state index contributed by atoms with van der Waals surface area (Å²) in [6.07, 6.45) is 8.52. The molecule has 0 radical (unpaired) electrons. The number of hydrogen-bond acceptors (Lipinski definition) is 1. The van der Waals surface area contributed by atoms with Gasteiger partial charge in [-0.25, -0.2) is 0 Å². The Morgan fingerprint density at radius 1 is 0.527 bits per heavy atom. The summed E-state index contributed by atoms with van der Waals surface area (Å²) in [7, 11) is 0. The van der Waals surface area contributed by atoms with E-state index in [0.717, 1.165) is 23.6 Å². The molecule has 0 fully saturated rings. The van der Waals surface area contributed by atoms with Crippen LogP contribution in [0.3, 0.4) is 0 Å². The first-order chi connectivity index (χ1) is 27.3. The zero-order valence-corrected chi connectivity index (χ0v) is 29.9. The van der Waals surface area contributed by atoms with E-state index < -0.39 is 5.41 Å². The molecule has 0 saturated heterocycles. The van der Waals surface area contributed by atoms with Crippen molar-refractivity contribution in [1.82, 2.24) is 19.1 Å². The van der Waals surface area contributed by atoms with Gasteiger partial charge in [-0.05, 0) is 88.0 Å². The SMILES string of the molecule is C1=Cc2c(c3cc[nH]c3n2-c2ccc(-c3ccc(-n4c5ccccc5c5c6c(ccc54)C(c4ccccc4)(c4ccccc4)c4[nH]ccc4-6)cc3)cc2)NC1. The normalized spacial score (nSPS) is 14.0. The number of rotatable bonds is 5. The summed E-state index contributed by atoms with van der Waals surface area (Å²) in [5, 5.41) is 7.32. The average molecular weight is 706 g/mol. The van der Waals surface area contributed by atoms with E-state index in [1.807, 2.05) is 6.20 Å². The first-order valence-electron chi connectivity index (χ1n) is 19.0. The Labute approximate surface area is 317 Å². The lowest BCUT2D eigenvalue weighted by molar-refractivity contribution is 0.743. The number of nitrogens with zero attached hydrogens (tertiary/aromatic N) is 2. The maximum atomic E-state index is 3.74. The topological polar surface area (TPSA) is 53.5 Å². The predicted molar refractivity (Wildman–Crippen MR) is 227 cm³/mol. The monoisotopic (exact) mass is 705 g/mol. The molecule has 2 aliphatic rings. The van der Waals surface area contributed by atoms with Crippen molar-refractivity contribution in [3.8, 4) is 33.6 Å². The van der Waals surface area contributed by atoms with E-state index in [0.29, 0.717) is 0 Å². The van der Waals surface area contributed by atoms with Crippen molar-refractivity contribution in [2.45, 2.75) is 5.41 Å². The van der Waals surface area contributed by atoms with Crippen molar-refractivity contribution in [3.05, 3.63) is 204 Å². The third-order valence-electron chi connectivity index (χ3n) is 12.0. The molecule has 5 heteroatoms. The van der Waals surface area contributed by atoms with Gasteiger partial charge in [0, 0.05) is 57.7 Å². The van der Waals surface area contributed by atoms with Crippen LogP contribution in [0.5, 0.6) is 0 Å². The zero-order chi connectivity index (χ0) is 36.1. The first-order valence-corrected chi connectivity index (χ1v) is 19.0. The Morgan fingerprint density at radius 3 is 1.91 bits per heavy atom. The maximum absolute atomic E-state index is 3.74. The smallest absolute Gasteiger partial charge is 0.124 e. The summed E-state index contributed by atoms with van der Waals surface area (Å²) in [6, 6.07) is 57.9. The van der Waals surface area contributed by atoms with Crippen LogP contribution in [-0.4, -0.2) is 25.6 Å². The lowest BCUT2D eigenvalue weighted by Gasteiger charge is -2.32. The number of benzene rings is 6. The van der Waals surface area contributed by atoms with E-state index in [1.165, 1.54) is 83.2 Å². The van der Waals surface area contributed by atoms with Crippen molar-refractivity contribution in [1.29, 1.82) is 0 Å². The van der Waals surface area contributed by atoms with E-state index >= 15 is 0 Å². The van der Waals surface area contributed by atoms with Gasteiger partial charge < -0.3 is 19.9 Å². The predicted octanol–water partition coefficient (Wildman–Crippen LogP) is 11.9. The third kappa shape index (κ3) is 4.07. The molecular weight excluding hydrogens is 671 g/mol. The average Bonchev–Trinajstić information content (AvgIpc) is 4.08. The maximum Gasteiger partial charge on any atom is 0.124 e. The minimum absolute atomic E-state index is 0.465. The van der Waals surface area contributed by atoms with Gasteiger partial charge in [0.25, 0.3) is 0 Å². The van der Waals surface area contributed by atoms with Gasteiger partial charge in [0.1, 0.15) is 5.65 Å². The van der Waals surface area contributed by atoms with Gasteiger partial charge in [-0.1, -0.05) is 115 Å². The number of para-hydroxylation sites is 1. The fourth-order valence-electron chi connectivity index (χ4n) is 9.76. The third-order valence-corrected chi connectivity index (χ3v) is 12.0. The molecule has 12 rings (SSSR count). The Morgan fingerprint density at radius 2 is 1.18 bits per heavy atom. The number of fused-ring (bicyclic) bond motifs is 10. The first kappa shape index (κ1) is 30.2. The molecule has 0 bridgehead atoms. The van der Waals surface area contributed by atoms with E-state index in [-0.39, 0.29) is 0 Å². The summed E-state index contributed by atoms with van der Waals surface area (Å²) in [6.45, 7) is 0.847. The molecule has 5 heterocycles. The summed E-state index contributed by atoms with van der Waals surface area (Å²) < 4.78 is 4.74. The molecule has 1 aliphatic heterocycles. The molecule has 10 aromatic rings. The molecule has 0 saturated carbocycles. The lowest BCUT2D eigenvalue weighted by Crippen LogP contribution is -2.29. The molecule has 260 valence electrons. The summed E-state index contributed by atoms with van der Waals surface area (Å²) >= 11 is 0. The molecule has 3 N–H and O–H groups in total. The second-order valence-corrected chi connectivity index (χ2v) is 14.7. The van der Waals surface area contributed by atoms with Crippen molar-refractivity contribution in [2.24, 2.45) is 0 Å². The van der Waals surface area contributed by atoms with Crippen LogP contribution in [0, 0.1) is 0 Å². The molecule has 0 atom stereocenters. The highest BCUT2D eigenvalue weighted by atomic mass is 15.1. The lowest BCUT2D eigenvalue weighted by atomic mass is 9.69. The van der Waals surface area contributed by atoms with Crippen molar-refractivity contribution < 1.29 is 0 Å². The number of aromatic nitrogens is 4. The van der Waals surface area contributed by atoms with Gasteiger partial charge in [-0.2, -0.15) is 0 Å². The standard InChI is InChI=1S/C50H35N5/c1-3-10-34(11-4-1)50(35-12-5-2-6-13-35)41-25-26-43-46(45(41)39-27-30-52-48(39)50)38-14-7-8-15-42(38)54(43)36-21-17-32(18-22-36)33-19-23-37(24-20-33)55-44-16-9-29-51-47(44)40-28-31-53-49(40)55/h1-28,30-31,51-53H,29H2. The Balaban J connectivity index is 0.995. The number of aromatic amines is 2. The minimum Gasteiger partial charge on any atom is -0.379 e. The molecule has 6 aromatic carbocycles. The van der Waals surface area contributed by atoms with Crippen LogP contribution in [0.2, 0.25) is 0 Å². The quantitative estimate of drug-likeness (QED) is 0.164. The minimum atomic E-state index is -0.465. The van der Waals surface area contributed by atoms with Gasteiger partial charge in [0.15, 0.2) is 0 Å². The van der Waals surface area contributed by atoms with Gasteiger partial charge >= 0.3 is 0 Å². The fraction of sp³-hybridized carbons (Fsp3) is 0.0400. The second kappa shape index (κ2) is 11.4. The van der Waals surface area contributed by atoms with Gasteiger partial charge in [-0.15, -0.1) is 0 Å². The molecule has 0 amide bonds. The van der Waals surface area contributed by atoms with Gasteiger partial charge in [0.2, 0.25) is 0 Å². The molecule has 0 spiro atoms. The van der Waals surface area contributed by atoms with Crippen LogP contribution in [0.1, 0.15) is 28.1 Å². The van der Waals surface area contributed by atoms with Crippen LogP contribution in [-0.2, 0) is 5.41 Å². The molecule has 4 aromatic heterocycles. The zero-order valence-electron chi connectivity index (χ0n) is 29.9. The molecular formula is C50H35N5. The van der Waals surface area contributed by atoms with Crippen LogP contribution in [0.15, 0.2) is 176 Å². The van der Waals surface area contributed by atoms with Crippen LogP contribution < -0.4 is 5.32 Å². The number of H-pyrrole nitrogens is 2. The highest BCUT2D eigenvalue weighted by Crippen LogP contribution is 2.58. The van der Waals surface area contributed by atoms with Crippen LogP contribution in [0.4, 0.5) is 5.69 Å². The Hall–Kier alpha value is -7.24. The fourth-order valence-corrected chi connectivity index (χ4v) is 9.76. The van der Waals surface area contributed by atoms with Crippen molar-refractivity contribution in [2.75, 3.05) is 11.9 Å². The summed E-state index contributed by atoms with van der Waals surface area (Å²) in [5.41, 5.74) is 17.7. The Bertz CT molecular complexity index is 3080. The largest absolute Gasteiger partial charge is 0.379 e. The molecule has 5 nitrogen and oxygen atoms in total. The van der Waals surface area contributed by atoms with Gasteiger partial charge in [-0.3, -0.25) is 4.57 Å². The van der Waals surface area contributed by atoms with Crippen molar-refractivity contribution in [3.63, 3.8) is 0 Å². The van der Waals surface area contributed by atoms with E-state index in [2.05, 4.69) is 200 Å². The Kier molecular flexibility index (Phi) is 6.26. The van der Waals surface area contributed by atoms with Crippen LogP contribution >= 0.6 is 0 Å². The number of nitrogens with one attached hydrogen (secondary N) is 3. The number of anilines is 1. The highest BCUT2D eigenvalue weighted by Gasteiger charge is 2.48. The van der Waals surface area contributed by atoms with E-state index in [9.17, 15) is 0 Å². The van der Waals surface area contributed by atoms with E-state index in [1.54, 1.807) is 0 Å². The van der Waals surface area contributed by atoms with E-state index in [4.69, 9.17) is 0 Å². The van der Waals surface area contributed by atoms with Crippen molar-refractivity contribution >= 4 is 44.6 Å². The van der Waals surface area contributed by atoms with Gasteiger partial charge in [0.05, 0.1) is 27.8 Å². The highest BCUT2D eigenvalue weighted by molar-refractivity contribution is 6.18.